The van der Waals surface area contributed by atoms with Crippen LogP contribution < -0.4 is 4.72 Å². The first-order valence-corrected chi connectivity index (χ1v) is 8.47. The molecule has 22 heavy (non-hydrogen) atoms. The van der Waals surface area contributed by atoms with Crippen LogP contribution in [0.4, 0.5) is 5.69 Å². The van der Waals surface area contributed by atoms with Crippen LogP contribution in [0.1, 0.15) is 5.69 Å². The summed E-state index contributed by atoms with van der Waals surface area (Å²) in [4.78, 5) is 4.60. The van der Waals surface area contributed by atoms with Crippen molar-refractivity contribution in [1.29, 1.82) is 0 Å². The summed E-state index contributed by atoms with van der Waals surface area (Å²) in [6.07, 6.45) is 0. The van der Waals surface area contributed by atoms with Crippen LogP contribution in [0.2, 0.25) is 5.02 Å². The van der Waals surface area contributed by atoms with Gasteiger partial charge in [-0.15, -0.1) is 0 Å². The van der Waals surface area contributed by atoms with Gasteiger partial charge in [-0.05, 0) is 31.2 Å². The minimum Gasteiger partial charge on any atom is -0.277 e. The zero-order valence-corrected chi connectivity index (χ0v) is 13.3. The van der Waals surface area contributed by atoms with E-state index in [1.807, 2.05) is 13.0 Å². The zero-order valence-electron chi connectivity index (χ0n) is 11.7. The van der Waals surface area contributed by atoms with E-state index in [1.165, 1.54) is 0 Å². The number of fused-ring (bicyclic) bond motifs is 1. The van der Waals surface area contributed by atoms with Crippen LogP contribution in [0, 0.1) is 6.92 Å². The summed E-state index contributed by atoms with van der Waals surface area (Å²) in [6, 6.07) is 15.2. The van der Waals surface area contributed by atoms with Crippen LogP contribution >= 0.6 is 11.6 Å². The highest BCUT2D eigenvalue weighted by Crippen LogP contribution is 2.29. The number of nitrogens with one attached hydrogen (secondary N) is 1. The Bertz CT molecular complexity index is 941. The third kappa shape index (κ3) is 2.77. The second-order valence-electron chi connectivity index (χ2n) is 4.87. The fourth-order valence-electron chi connectivity index (χ4n) is 2.21. The first-order chi connectivity index (χ1) is 10.5. The number of benzene rings is 2. The summed E-state index contributed by atoms with van der Waals surface area (Å²) >= 11 is 6.21. The molecule has 6 heteroatoms. The molecule has 1 heterocycles. The summed E-state index contributed by atoms with van der Waals surface area (Å²) in [6.45, 7) is 1.81. The number of hydrogen-bond acceptors (Lipinski definition) is 3. The van der Waals surface area contributed by atoms with E-state index in [4.69, 9.17) is 11.6 Å². The van der Waals surface area contributed by atoms with E-state index in [2.05, 4.69) is 9.71 Å². The maximum Gasteiger partial charge on any atom is 0.261 e. The van der Waals surface area contributed by atoms with Gasteiger partial charge in [0.05, 0.1) is 21.1 Å². The number of para-hydroxylation sites is 1. The van der Waals surface area contributed by atoms with Crippen LogP contribution in [0.5, 0.6) is 0 Å². The van der Waals surface area contributed by atoms with Crippen LogP contribution in [0.25, 0.3) is 10.9 Å². The summed E-state index contributed by atoms with van der Waals surface area (Å²) < 4.78 is 27.5. The largest absolute Gasteiger partial charge is 0.277 e. The number of halogens is 1. The summed E-state index contributed by atoms with van der Waals surface area (Å²) in [5.74, 6) is 0. The number of anilines is 1. The Hall–Kier alpha value is -2.11. The summed E-state index contributed by atoms with van der Waals surface area (Å²) in [5, 5.41) is 1.25. The molecule has 0 saturated heterocycles. The molecule has 0 unspecified atom stereocenters. The predicted octanol–water partition coefficient (Wildman–Crippen LogP) is 4.00. The molecule has 0 amide bonds. The van der Waals surface area contributed by atoms with E-state index in [0.717, 1.165) is 5.69 Å². The fraction of sp³-hybridized carbons (Fsp3) is 0.0625. The molecule has 2 aromatic carbocycles. The lowest BCUT2D eigenvalue weighted by Crippen LogP contribution is -2.13. The lowest BCUT2D eigenvalue weighted by atomic mass is 10.2. The van der Waals surface area contributed by atoms with E-state index in [0.29, 0.717) is 21.6 Å². The average molecular weight is 333 g/mol. The van der Waals surface area contributed by atoms with Gasteiger partial charge in [-0.1, -0.05) is 41.9 Å². The van der Waals surface area contributed by atoms with E-state index >= 15 is 0 Å². The van der Waals surface area contributed by atoms with Crippen LogP contribution in [-0.2, 0) is 10.0 Å². The van der Waals surface area contributed by atoms with Gasteiger partial charge in [0.2, 0.25) is 0 Å². The average Bonchev–Trinajstić information content (AvgIpc) is 2.49. The predicted molar refractivity (Wildman–Crippen MR) is 88.7 cm³/mol. The maximum atomic E-state index is 12.4. The molecule has 0 spiro atoms. The number of rotatable bonds is 3. The standard InChI is InChI=1S/C16H13ClN2O2S/c1-11-10-14(17)13-8-5-9-15(16(13)18-11)19-22(20,21)12-6-3-2-4-7-12/h2-10,19H,1H3. The monoisotopic (exact) mass is 332 g/mol. The van der Waals surface area contributed by atoms with Crippen molar-refractivity contribution in [3.63, 3.8) is 0 Å². The molecule has 0 aliphatic heterocycles. The van der Waals surface area contributed by atoms with Gasteiger partial charge < -0.3 is 0 Å². The first kappa shape index (κ1) is 14.8. The number of nitrogens with zero attached hydrogens (tertiary/aromatic N) is 1. The molecule has 0 atom stereocenters. The van der Waals surface area contributed by atoms with Crippen molar-refractivity contribution in [2.75, 3.05) is 4.72 Å². The SMILES string of the molecule is Cc1cc(Cl)c2cccc(NS(=O)(=O)c3ccccc3)c2n1. The molecule has 0 aliphatic rings. The van der Waals surface area contributed by atoms with Gasteiger partial charge >= 0.3 is 0 Å². The van der Waals surface area contributed by atoms with E-state index in [-0.39, 0.29) is 4.90 Å². The van der Waals surface area contributed by atoms with Crippen molar-refractivity contribution in [3.8, 4) is 0 Å². The minimum atomic E-state index is -3.66. The maximum absolute atomic E-state index is 12.4. The highest BCUT2D eigenvalue weighted by Gasteiger charge is 2.16. The Kier molecular flexibility index (Phi) is 3.76. The quantitative estimate of drug-likeness (QED) is 0.788. The molecule has 3 rings (SSSR count). The molecule has 112 valence electrons. The number of aromatic nitrogens is 1. The number of pyridine rings is 1. The van der Waals surface area contributed by atoms with Gasteiger partial charge in [-0.2, -0.15) is 0 Å². The Morgan fingerprint density at radius 3 is 2.50 bits per heavy atom. The lowest BCUT2D eigenvalue weighted by Gasteiger charge is -2.11. The molecule has 0 bridgehead atoms. The number of hydrogen-bond donors (Lipinski definition) is 1. The van der Waals surface area contributed by atoms with Gasteiger partial charge in [0.15, 0.2) is 0 Å². The molecule has 0 fully saturated rings. The van der Waals surface area contributed by atoms with Crippen molar-refractivity contribution < 1.29 is 8.42 Å². The van der Waals surface area contributed by atoms with Crippen molar-refractivity contribution >= 4 is 38.2 Å². The van der Waals surface area contributed by atoms with Gasteiger partial charge in [0.25, 0.3) is 10.0 Å². The molecule has 3 aromatic rings. The summed E-state index contributed by atoms with van der Waals surface area (Å²) in [5.41, 5.74) is 1.67. The van der Waals surface area contributed by atoms with Crippen molar-refractivity contribution in [3.05, 3.63) is 65.3 Å². The van der Waals surface area contributed by atoms with Crippen LogP contribution in [-0.4, -0.2) is 13.4 Å². The van der Waals surface area contributed by atoms with Gasteiger partial charge in [0, 0.05) is 11.1 Å². The Balaban J connectivity index is 2.12. The van der Waals surface area contributed by atoms with Gasteiger partial charge in [0.1, 0.15) is 0 Å². The van der Waals surface area contributed by atoms with Crippen molar-refractivity contribution in [2.45, 2.75) is 11.8 Å². The van der Waals surface area contributed by atoms with Gasteiger partial charge in [-0.25, -0.2) is 8.42 Å². The molecular weight excluding hydrogens is 320 g/mol. The number of sulfonamides is 1. The third-order valence-electron chi connectivity index (χ3n) is 3.21. The summed E-state index contributed by atoms with van der Waals surface area (Å²) in [7, 11) is -3.66. The molecule has 0 radical (unpaired) electrons. The highest BCUT2D eigenvalue weighted by atomic mass is 35.5. The molecule has 1 N–H and O–H groups in total. The Morgan fingerprint density at radius 1 is 1.05 bits per heavy atom. The smallest absolute Gasteiger partial charge is 0.261 e. The normalized spacial score (nSPS) is 11.5. The number of aryl methyl sites for hydroxylation is 1. The zero-order chi connectivity index (χ0) is 15.7. The van der Waals surface area contributed by atoms with Crippen LogP contribution in [0.15, 0.2) is 59.5 Å². The van der Waals surface area contributed by atoms with Gasteiger partial charge in [-0.3, -0.25) is 9.71 Å². The molecular formula is C16H13ClN2O2S. The lowest BCUT2D eigenvalue weighted by molar-refractivity contribution is 0.601. The Morgan fingerprint density at radius 2 is 1.77 bits per heavy atom. The molecule has 4 nitrogen and oxygen atoms in total. The van der Waals surface area contributed by atoms with E-state index in [9.17, 15) is 8.42 Å². The topological polar surface area (TPSA) is 59.1 Å². The van der Waals surface area contributed by atoms with E-state index in [1.54, 1.807) is 48.5 Å². The van der Waals surface area contributed by atoms with Crippen molar-refractivity contribution in [1.82, 2.24) is 4.98 Å². The molecule has 0 saturated carbocycles. The van der Waals surface area contributed by atoms with E-state index < -0.39 is 10.0 Å². The van der Waals surface area contributed by atoms with Crippen molar-refractivity contribution in [2.24, 2.45) is 0 Å². The minimum absolute atomic E-state index is 0.200. The van der Waals surface area contributed by atoms with Crippen LogP contribution in [0.3, 0.4) is 0 Å². The fourth-order valence-corrected chi connectivity index (χ4v) is 3.61. The molecule has 1 aromatic heterocycles. The second-order valence-corrected chi connectivity index (χ2v) is 6.96. The molecule has 0 aliphatic carbocycles. The Labute approximate surface area is 133 Å². The third-order valence-corrected chi connectivity index (χ3v) is 4.91. The second kappa shape index (κ2) is 5.59. The highest BCUT2D eigenvalue weighted by molar-refractivity contribution is 7.92. The first-order valence-electron chi connectivity index (χ1n) is 6.61.